The minimum Gasteiger partial charge on any atom is -0.459 e. The van der Waals surface area contributed by atoms with Gasteiger partial charge in [-0.1, -0.05) is 0 Å². The summed E-state index contributed by atoms with van der Waals surface area (Å²) in [5.74, 6) is -0.417. The smallest absolute Gasteiger partial charge is 0.396 e. The molecule has 0 unspecified atom stereocenters. The second-order valence-corrected chi connectivity index (χ2v) is 5.06. The van der Waals surface area contributed by atoms with Gasteiger partial charge in [0.1, 0.15) is 0 Å². The van der Waals surface area contributed by atoms with Gasteiger partial charge in [-0.05, 0) is 28.9 Å². The average Bonchev–Trinajstić information content (AvgIpc) is 2.85. The van der Waals surface area contributed by atoms with Crippen molar-refractivity contribution >= 4 is 33.2 Å². The molecule has 0 aliphatic rings. The van der Waals surface area contributed by atoms with Gasteiger partial charge in [-0.2, -0.15) is 0 Å². The van der Waals surface area contributed by atoms with E-state index in [2.05, 4.69) is 26.1 Å². The minimum atomic E-state index is -0.601. The van der Waals surface area contributed by atoms with Crippen molar-refractivity contribution in [3.05, 3.63) is 21.1 Å². The van der Waals surface area contributed by atoms with E-state index >= 15 is 0 Å². The van der Waals surface area contributed by atoms with E-state index in [1.807, 2.05) is 11.4 Å². The Morgan fingerprint density at radius 3 is 3.06 bits per heavy atom. The third-order valence-electron chi connectivity index (χ3n) is 1.69. The fourth-order valence-corrected chi connectivity index (χ4v) is 2.17. The zero-order valence-corrected chi connectivity index (χ0v) is 10.7. The third-order valence-corrected chi connectivity index (χ3v) is 3.19. The van der Waals surface area contributed by atoms with E-state index < -0.39 is 5.97 Å². The van der Waals surface area contributed by atoms with Gasteiger partial charge in [0, 0.05) is 5.38 Å². The summed E-state index contributed by atoms with van der Waals surface area (Å²) in [7, 11) is 0. The predicted octanol–water partition coefficient (Wildman–Crippen LogP) is 2.74. The molecule has 2 heterocycles. The molecule has 5 nitrogen and oxygen atoms in total. The molecule has 0 atom stereocenters. The lowest BCUT2D eigenvalue weighted by atomic mass is 10.3. The highest BCUT2D eigenvalue weighted by molar-refractivity contribution is 9.11. The van der Waals surface area contributed by atoms with Crippen molar-refractivity contribution in [3.8, 4) is 11.5 Å². The maximum Gasteiger partial charge on any atom is 0.396 e. The van der Waals surface area contributed by atoms with Crippen LogP contribution in [0, 0.1) is 0 Å². The van der Waals surface area contributed by atoms with E-state index in [1.165, 1.54) is 11.3 Å². The number of halogens is 1. The molecule has 0 saturated carbocycles. The van der Waals surface area contributed by atoms with E-state index in [-0.39, 0.29) is 12.5 Å². The quantitative estimate of drug-likeness (QED) is 0.816. The summed E-state index contributed by atoms with van der Waals surface area (Å²) < 4.78 is 10.9. The molecule has 0 spiro atoms. The molecule has 0 saturated heterocycles. The van der Waals surface area contributed by atoms with Crippen LogP contribution in [0.1, 0.15) is 17.6 Å². The zero-order chi connectivity index (χ0) is 11.5. The summed E-state index contributed by atoms with van der Waals surface area (Å²) in [5, 5.41) is 9.24. The van der Waals surface area contributed by atoms with Gasteiger partial charge in [-0.25, -0.2) is 4.79 Å². The Morgan fingerprint density at radius 1 is 1.62 bits per heavy atom. The molecule has 2 aromatic rings. The third kappa shape index (κ3) is 2.30. The Bertz CT molecular complexity index is 508. The zero-order valence-electron chi connectivity index (χ0n) is 8.27. The van der Waals surface area contributed by atoms with Crippen molar-refractivity contribution < 1.29 is 13.9 Å². The molecular weight excluding hydrogens is 296 g/mol. The van der Waals surface area contributed by atoms with Gasteiger partial charge in [-0.15, -0.1) is 21.5 Å². The topological polar surface area (TPSA) is 65.2 Å². The van der Waals surface area contributed by atoms with Crippen LogP contribution in [-0.4, -0.2) is 22.8 Å². The molecule has 2 aromatic heterocycles. The van der Waals surface area contributed by atoms with Crippen LogP contribution in [-0.2, 0) is 4.74 Å². The lowest BCUT2D eigenvalue weighted by molar-refractivity contribution is 0.0481. The van der Waals surface area contributed by atoms with Gasteiger partial charge in [-0.3, -0.25) is 0 Å². The van der Waals surface area contributed by atoms with Gasteiger partial charge in [0.25, 0.3) is 0 Å². The van der Waals surface area contributed by atoms with Gasteiger partial charge in [0.05, 0.1) is 16.0 Å². The Hall–Kier alpha value is -1.21. The fourth-order valence-electron chi connectivity index (χ4n) is 1.04. The van der Waals surface area contributed by atoms with Crippen LogP contribution in [0.25, 0.3) is 11.5 Å². The Morgan fingerprint density at radius 2 is 2.44 bits per heavy atom. The van der Waals surface area contributed by atoms with Gasteiger partial charge in [0.15, 0.2) is 0 Å². The number of nitrogens with zero attached hydrogens (tertiary/aromatic N) is 2. The molecule has 0 radical (unpaired) electrons. The van der Waals surface area contributed by atoms with Crippen molar-refractivity contribution in [2.75, 3.05) is 6.61 Å². The summed E-state index contributed by atoms with van der Waals surface area (Å²) in [6, 6.07) is 1.84. The Labute approximate surface area is 104 Å². The normalized spacial score (nSPS) is 10.4. The van der Waals surface area contributed by atoms with Gasteiger partial charge in [0.2, 0.25) is 5.89 Å². The van der Waals surface area contributed by atoms with Crippen molar-refractivity contribution in [2.45, 2.75) is 6.92 Å². The predicted molar refractivity (Wildman–Crippen MR) is 61.3 cm³/mol. The summed E-state index contributed by atoms with van der Waals surface area (Å²) in [5.41, 5.74) is 0.778. The molecule has 0 bridgehead atoms. The molecule has 0 fully saturated rings. The maximum atomic E-state index is 11.3. The molecule has 0 amide bonds. The second-order valence-electron chi connectivity index (χ2n) is 2.77. The first-order chi connectivity index (χ1) is 7.70. The SMILES string of the molecule is CCOC(=O)c1nnc(-c2csc(Br)c2)o1. The Kier molecular flexibility index (Phi) is 3.35. The van der Waals surface area contributed by atoms with Gasteiger partial charge < -0.3 is 9.15 Å². The summed E-state index contributed by atoms with van der Waals surface area (Å²) in [6.07, 6.45) is 0. The van der Waals surface area contributed by atoms with E-state index in [4.69, 9.17) is 9.15 Å². The molecule has 0 N–H and O–H groups in total. The van der Waals surface area contributed by atoms with Crippen LogP contribution in [0.3, 0.4) is 0 Å². The van der Waals surface area contributed by atoms with Crippen molar-refractivity contribution in [2.24, 2.45) is 0 Å². The standard InChI is InChI=1S/C9H7BrN2O3S/c1-2-14-9(13)8-12-11-7(15-8)5-3-6(10)16-4-5/h3-4H,2H2,1H3. The molecular formula is C9H7BrN2O3S. The first kappa shape index (κ1) is 11.3. The van der Waals surface area contributed by atoms with E-state index in [9.17, 15) is 4.79 Å². The summed E-state index contributed by atoms with van der Waals surface area (Å²) in [4.78, 5) is 11.3. The number of hydrogen-bond acceptors (Lipinski definition) is 6. The summed E-state index contributed by atoms with van der Waals surface area (Å²) in [6.45, 7) is 1.99. The highest BCUT2D eigenvalue weighted by Crippen LogP contribution is 2.28. The number of carbonyl (C=O) groups is 1. The number of thiophene rings is 1. The number of rotatable bonds is 3. The monoisotopic (exact) mass is 302 g/mol. The van der Waals surface area contributed by atoms with Crippen LogP contribution in [0.15, 0.2) is 19.6 Å². The number of ether oxygens (including phenoxy) is 1. The van der Waals surface area contributed by atoms with Crippen LogP contribution in [0.4, 0.5) is 0 Å². The lowest BCUT2D eigenvalue weighted by Gasteiger charge is -1.93. The Balaban J connectivity index is 2.22. The fraction of sp³-hybridized carbons (Fsp3) is 0.222. The highest BCUT2D eigenvalue weighted by atomic mass is 79.9. The first-order valence-corrected chi connectivity index (χ1v) is 6.13. The molecule has 0 aliphatic heterocycles. The first-order valence-electron chi connectivity index (χ1n) is 4.45. The lowest BCUT2D eigenvalue weighted by Crippen LogP contribution is -2.04. The molecule has 2 rings (SSSR count). The molecule has 7 heteroatoms. The second kappa shape index (κ2) is 4.75. The maximum absolute atomic E-state index is 11.3. The summed E-state index contributed by atoms with van der Waals surface area (Å²) >= 11 is 4.83. The number of esters is 1. The van der Waals surface area contributed by atoms with E-state index in [0.717, 1.165) is 9.35 Å². The molecule has 0 aromatic carbocycles. The van der Waals surface area contributed by atoms with Crippen molar-refractivity contribution in [1.29, 1.82) is 0 Å². The highest BCUT2D eigenvalue weighted by Gasteiger charge is 2.17. The van der Waals surface area contributed by atoms with Crippen LogP contribution >= 0.6 is 27.3 Å². The number of carbonyl (C=O) groups excluding carboxylic acids is 1. The van der Waals surface area contributed by atoms with E-state index in [0.29, 0.717) is 5.89 Å². The van der Waals surface area contributed by atoms with Gasteiger partial charge >= 0.3 is 11.9 Å². The minimum absolute atomic E-state index is 0.126. The molecule has 16 heavy (non-hydrogen) atoms. The van der Waals surface area contributed by atoms with Crippen molar-refractivity contribution in [1.82, 2.24) is 10.2 Å². The number of hydrogen-bond donors (Lipinski definition) is 0. The molecule has 84 valence electrons. The average molecular weight is 303 g/mol. The largest absolute Gasteiger partial charge is 0.459 e. The number of aromatic nitrogens is 2. The van der Waals surface area contributed by atoms with Crippen LogP contribution in [0.5, 0.6) is 0 Å². The van der Waals surface area contributed by atoms with Crippen molar-refractivity contribution in [3.63, 3.8) is 0 Å². The van der Waals surface area contributed by atoms with Crippen LogP contribution < -0.4 is 0 Å². The van der Waals surface area contributed by atoms with Crippen LogP contribution in [0.2, 0.25) is 0 Å². The molecule has 0 aliphatic carbocycles. The van der Waals surface area contributed by atoms with E-state index in [1.54, 1.807) is 6.92 Å².